The topological polar surface area (TPSA) is 32.7 Å². The molecule has 0 saturated carbocycles. The third-order valence-corrected chi connectivity index (χ3v) is 0.0816. The van der Waals surface area contributed by atoms with Crippen LogP contribution >= 0.6 is 0 Å². The van der Waals surface area contributed by atoms with Crippen molar-refractivity contribution in [2.75, 3.05) is 14.0 Å². The average molecular weight is 82.1 g/mol. The fraction of sp³-hybridized carbons (Fsp3) is 1.00. The summed E-state index contributed by atoms with van der Waals surface area (Å²) in [4.78, 5) is 9.75. The lowest BCUT2D eigenvalue weighted by molar-refractivity contribution is 0.431. The Hall–Kier alpha value is -0.600. The van der Waals surface area contributed by atoms with Crippen molar-refractivity contribution in [3.63, 3.8) is 0 Å². The van der Waals surface area contributed by atoms with Crippen molar-refractivity contribution in [3.8, 4) is 0 Å². The largest absolute Gasteiger partial charge is 0.267 e. The molecule has 0 radical (unpaired) electrons. The van der Waals surface area contributed by atoms with Crippen molar-refractivity contribution in [2.45, 2.75) is 0 Å². The summed E-state index contributed by atoms with van der Waals surface area (Å²) >= 11 is 0. The van der Waals surface area contributed by atoms with Crippen molar-refractivity contribution in [1.82, 2.24) is 5.01 Å². The molecule has 0 amide bonds. The van der Waals surface area contributed by atoms with Gasteiger partial charge in [0.05, 0.1) is 5.29 Å². The van der Waals surface area contributed by atoms with Gasteiger partial charge in [0.25, 0.3) is 0 Å². The lowest BCUT2D eigenvalue weighted by Crippen LogP contribution is -1.97. The highest BCUT2D eigenvalue weighted by Gasteiger charge is 1.68. The van der Waals surface area contributed by atoms with Gasteiger partial charge < -0.3 is 0 Å². The van der Waals surface area contributed by atoms with E-state index >= 15 is 0 Å². The van der Waals surface area contributed by atoms with Crippen molar-refractivity contribution >= 4 is 0 Å². The van der Waals surface area contributed by atoms with Crippen molar-refractivity contribution < 1.29 is 8.22 Å². The summed E-state index contributed by atoms with van der Waals surface area (Å²) in [6.45, 7) is -6.01. The summed E-state index contributed by atoms with van der Waals surface area (Å²) in [6, 6.07) is 0. The molecule has 0 bridgehead atoms. The highest BCUT2D eigenvalue weighted by atomic mass is 16.3. The second-order valence-electron chi connectivity index (χ2n) is 0.393. The van der Waals surface area contributed by atoms with Gasteiger partial charge >= 0.3 is 0 Å². The number of hydrogen-bond acceptors (Lipinski definition) is 2. The summed E-state index contributed by atoms with van der Waals surface area (Å²) < 4.78 is 39.3. The second kappa shape index (κ2) is 1.69. The smallest absolute Gasteiger partial charge is 0.0518 e. The molecule has 3 heteroatoms. The van der Waals surface area contributed by atoms with Gasteiger partial charge in [-0.05, 0) is 0 Å². The van der Waals surface area contributed by atoms with E-state index in [9.17, 15) is 4.91 Å². The van der Waals surface area contributed by atoms with E-state index in [-0.39, 0.29) is 0 Å². The molecule has 5 heavy (non-hydrogen) atoms. The summed E-state index contributed by atoms with van der Waals surface area (Å²) in [5, 5.41) is 1.46. The Balaban J connectivity index is 4.56. The first kappa shape index (κ1) is 0.576. The zero-order chi connectivity index (χ0) is 9.28. The zero-order valence-corrected chi connectivity index (χ0v) is 2.30. The Labute approximate surface area is 39.0 Å². The van der Waals surface area contributed by atoms with Gasteiger partial charge in [0.1, 0.15) is 0 Å². The third kappa shape index (κ3) is 3.40. The van der Waals surface area contributed by atoms with Crippen LogP contribution in [-0.2, 0) is 0 Å². The number of rotatable bonds is 1. The molecule has 0 N–H and O–H groups in total. The van der Waals surface area contributed by atoms with E-state index in [0.717, 1.165) is 0 Å². The van der Waals surface area contributed by atoms with E-state index in [1.807, 2.05) is 5.29 Å². The van der Waals surface area contributed by atoms with Crippen LogP contribution in [0, 0.1) is 4.91 Å². The minimum Gasteiger partial charge on any atom is -0.267 e. The summed E-state index contributed by atoms with van der Waals surface area (Å²) in [7, 11) is 0. The molecule has 0 saturated heterocycles. The molecular formula is C2H6N2O. The fourth-order valence-electron chi connectivity index (χ4n) is 0. The third-order valence-electron chi connectivity index (χ3n) is 0.0816. The molecule has 0 atom stereocenters. The molecular weight excluding hydrogens is 70.0 g/mol. The molecule has 3 nitrogen and oxygen atoms in total. The predicted molar refractivity (Wildman–Crippen MR) is 19.5 cm³/mol. The fourth-order valence-corrected chi connectivity index (χ4v) is 0. The highest BCUT2D eigenvalue weighted by molar-refractivity contribution is 4.16. The van der Waals surface area contributed by atoms with Gasteiger partial charge in [-0.3, -0.25) is 5.01 Å². The zero-order valence-electron chi connectivity index (χ0n) is 8.30. The van der Waals surface area contributed by atoms with Gasteiger partial charge in [-0.1, -0.05) is 0 Å². The van der Waals surface area contributed by atoms with Crippen molar-refractivity contribution in [3.05, 3.63) is 4.91 Å². The first-order valence-electron chi connectivity index (χ1n) is 3.83. The number of nitroso groups, excluding NO2 is 1. The molecule has 0 aromatic carbocycles. The highest BCUT2D eigenvalue weighted by Crippen LogP contribution is 1.64. The van der Waals surface area contributed by atoms with Gasteiger partial charge in [0.2, 0.25) is 0 Å². The predicted octanol–water partition coefficient (Wildman–Crippen LogP) is 0.229. The van der Waals surface area contributed by atoms with Crippen LogP contribution in [0.1, 0.15) is 8.22 Å². The maximum Gasteiger partial charge on any atom is 0.0518 e. The average Bonchev–Trinajstić information content (AvgIpc) is 1.56. The molecule has 0 spiro atoms. The van der Waals surface area contributed by atoms with Crippen LogP contribution in [-0.4, -0.2) is 19.0 Å². The van der Waals surface area contributed by atoms with Crippen LogP contribution in [0.25, 0.3) is 0 Å². The Morgan fingerprint density at radius 3 is 2.60 bits per heavy atom. The summed E-state index contributed by atoms with van der Waals surface area (Å²) in [5.74, 6) is 0. The Bertz CT molecular complexity index is 134. The maximum atomic E-state index is 9.75. The van der Waals surface area contributed by atoms with E-state index in [1.54, 1.807) is 0 Å². The van der Waals surface area contributed by atoms with E-state index in [4.69, 9.17) is 8.22 Å². The molecule has 0 aliphatic rings. The minimum atomic E-state index is -3.01. The first-order valence-corrected chi connectivity index (χ1v) is 0.830. The van der Waals surface area contributed by atoms with Crippen LogP contribution in [0.15, 0.2) is 5.29 Å². The molecule has 0 heterocycles. The maximum absolute atomic E-state index is 9.75. The molecule has 0 unspecified atom stereocenters. The van der Waals surface area contributed by atoms with E-state index in [2.05, 4.69) is 0 Å². The first-order chi connectivity index (χ1) is 4.69. The molecule has 0 rings (SSSR count). The summed E-state index contributed by atoms with van der Waals surface area (Å²) in [6.07, 6.45) is 0. The van der Waals surface area contributed by atoms with Crippen LogP contribution in [0.3, 0.4) is 0 Å². The minimum absolute atomic E-state index is 0.431. The molecule has 30 valence electrons. The Morgan fingerprint density at radius 1 is 2.00 bits per heavy atom. The Kier molecular flexibility index (Phi) is 0.195. The molecule has 0 fully saturated rings. The van der Waals surface area contributed by atoms with Gasteiger partial charge in [-0.2, -0.15) is 0 Å². The second-order valence-corrected chi connectivity index (χ2v) is 0.393. The van der Waals surface area contributed by atoms with E-state index in [0.29, 0.717) is 0 Å². The summed E-state index contributed by atoms with van der Waals surface area (Å²) in [5.41, 5.74) is 0. The van der Waals surface area contributed by atoms with Gasteiger partial charge in [0.15, 0.2) is 0 Å². The van der Waals surface area contributed by atoms with Crippen molar-refractivity contribution in [1.29, 1.82) is 0 Å². The molecule has 0 aromatic rings. The normalized spacial score (nSPS) is 29.6. The van der Waals surface area contributed by atoms with Crippen LogP contribution < -0.4 is 0 Å². The van der Waals surface area contributed by atoms with Crippen LogP contribution in [0.2, 0.25) is 0 Å². The van der Waals surface area contributed by atoms with Gasteiger partial charge in [-0.25, -0.2) is 0 Å². The molecule has 0 aromatic heterocycles. The van der Waals surface area contributed by atoms with Crippen molar-refractivity contribution in [2.24, 2.45) is 5.29 Å². The number of hydrogen-bond donors (Lipinski definition) is 0. The van der Waals surface area contributed by atoms with Crippen LogP contribution in [0.4, 0.5) is 0 Å². The van der Waals surface area contributed by atoms with Crippen LogP contribution in [0.5, 0.6) is 0 Å². The molecule has 0 aliphatic carbocycles. The lowest BCUT2D eigenvalue weighted by atomic mass is 11.8. The lowest BCUT2D eigenvalue weighted by Gasteiger charge is -1.90. The standard InChI is InChI=1S/C2H6N2O/c1-4(2)3-5/h1-2H3/i1+1D3,2+1D3. The monoisotopic (exact) mass is 82.1 g/mol. The molecule has 0 aliphatic heterocycles. The van der Waals surface area contributed by atoms with E-state index in [1.165, 1.54) is 0 Å². The quantitative estimate of drug-likeness (QED) is 0.257. The number of nitrogens with zero attached hydrogens (tertiary/aromatic N) is 2. The van der Waals surface area contributed by atoms with Gasteiger partial charge in [-0.15, -0.1) is 4.91 Å². The van der Waals surface area contributed by atoms with Gasteiger partial charge in [0, 0.05) is 22.2 Å². The van der Waals surface area contributed by atoms with E-state index < -0.39 is 19.0 Å². The Morgan fingerprint density at radius 2 is 2.60 bits per heavy atom. The SMILES string of the molecule is [2H][13C]([2H])([2H])N(N=O)[13C]([2H])([2H])[2H].